The van der Waals surface area contributed by atoms with Crippen molar-refractivity contribution < 1.29 is 14.7 Å². The van der Waals surface area contributed by atoms with Crippen molar-refractivity contribution in [2.75, 3.05) is 32.7 Å². The summed E-state index contributed by atoms with van der Waals surface area (Å²) in [5, 5.41) is 11.5. The smallest absolute Gasteiger partial charge is 0.407 e. The van der Waals surface area contributed by atoms with Crippen LogP contribution in [-0.2, 0) is 4.79 Å². The molecule has 2 N–H and O–H groups in total. The Morgan fingerprint density at radius 3 is 2.58 bits per heavy atom. The van der Waals surface area contributed by atoms with Crippen LogP contribution in [0, 0.1) is 11.3 Å². The van der Waals surface area contributed by atoms with E-state index in [0.29, 0.717) is 31.5 Å². The normalized spacial score (nSPS) is 37.3. The van der Waals surface area contributed by atoms with Crippen molar-refractivity contribution in [1.29, 1.82) is 0 Å². The van der Waals surface area contributed by atoms with Crippen LogP contribution in [0.25, 0.3) is 0 Å². The third-order valence-electron chi connectivity index (χ3n) is 7.78. The summed E-state index contributed by atoms with van der Waals surface area (Å²) in [5.41, 5.74) is 3.29. The molecule has 4 rings (SSSR count). The Morgan fingerprint density at radius 1 is 1.27 bits per heavy atom. The Kier molecular flexibility index (Phi) is 4.42. The molecule has 1 saturated carbocycles. The lowest BCUT2D eigenvalue weighted by Crippen LogP contribution is -2.63. The quantitative estimate of drug-likeness (QED) is 0.798. The van der Waals surface area contributed by atoms with Gasteiger partial charge in [-0.05, 0) is 43.4 Å². The van der Waals surface area contributed by atoms with Crippen LogP contribution < -0.4 is 5.43 Å². The van der Waals surface area contributed by atoms with Crippen LogP contribution in [0.4, 0.5) is 4.79 Å². The highest BCUT2D eigenvalue weighted by Gasteiger charge is 2.58. The predicted molar refractivity (Wildman–Crippen MR) is 97.5 cm³/mol. The molecule has 7 nitrogen and oxygen atoms in total. The SMILES string of the molecule is CCCN1NC(=O)CC12CCN(C1CC3(CCN(C(=O)O)C3)C1C)CC2. The minimum Gasteiger partial charge on any atom is -0.465 e. The zero-order valence-corrected chi connectivity index (χ0v) is 16.0. The molecule has 0 aromatic carbocycles. The molecule has 26 heavy (non-hydrogen) atoms. The summed E-state index contributed by atoms with van der Waals surface area (Å²) in [6.45, 7) is 8.89. The van der Waals surface area contributed by atoms with Crippen molar-refractivity contribution in [3.8, 4) is 0 Å². The van der Waals surface area contributed by atoms with Gasteiger partial charge in [0.2, 0.25) is 5.91 Å². The maximum absolute atomic E-state index is 12.0. The Labute approximate surface area is 155 Å². The zero-order valence-electron chi connectivity index (χ0n) is 16.0. The highest BCUT2D eigenvalue weighted by Crippen LogP contribution is 2.55. The molecule has 3 saturated heterocycles. The van der Waals surface area contributed by atoms with Gasteiger partial charge in [-0.1, -0.05) is 13.8 Å². The van der Waals surface area contributed by atoms with Crippen molar-refractivity contribution in [1.82, 2.24) is 20.2 Å². The van der Waals surface area contributed by atoms with Crippen LogP contribution in [0.3, 0.4) is 0 Å². The van der Waals surface area contributed by atoms with Gasteiger partial charge in [0.1, 0.15) is 0 Å². The number of nitrogens with one attached hydrogen (secondary N) is 1. The van der Waals surface area contributed by atoms with Gasteiger partial charge < -0.3 is 10.0 Å². The molecule has 7 heteroatoms. The monoisotopic (exact) mass is 364 g/mol. The van der Waals surface area contributed by atoms with E-state index in [2.05, 4.69) is 29.2 Å². The Hall–Kier alpha value is -1.34. The van der Waals surface area contributed by atoms with Crippen LogP contribution >= 0.6 is 0 Å². The number of hydrogen-bond acceptors (Lipinski definition) is 4. The van der Waals surface area contributed by atoms with E-state index in [1.54, 1.807) is 4.90 Å². The number of carbonyl (C=O) groups is 2. The molecule has 146 valence electrons. The van der Waals surface area contributed by atoms with E-state index >= 15 is 0 Å². The van der Waals surface area contributed by atoms with Gasteiger partial charge in [-0.15, -0.1) is 0 Å². The highest BCUT2D eigenvalue weighted by atomic mass is 16.4. The number of hydrogen-bond donors (Lipinski definition) is 2. The first-order valence-corrected chi connectivity index (χ1v) is 10.2. The van der Waals surface area contributed by atoms with E-state index in [0.717, 1.165) is 51.7 Å². The second-order valence-corrected chi connectivity index (χ2v) is 9.00. The lowest BCUT2D eigenvalue weighted by atomic mass is 9.56. The molecule has 3 atom stereocenters. The van der Waals surface area contributed by atoms with Crippen LogP contribution in [0.1, 0.15) is 52.4 Å². The number of hydrazine groups is 1. The minimum absolute atomic E-state index is 0.0156. The third-order valence-corrected chi connectivity index (χ3v) is 7.78. The molecule has 0 bridgehead atoms. The first-order valence-electron chi connectivity index (χ1n) is 10.2. The summed E-state index contributed by atoms with van der Waals surface area (Å²) in [5.74, 6) is 0.721. The van der Waals surface area contributed by atoms with Gasteiger partial charge in [0, 0.05) is 45.2 Å². The molecule has 4 aliphatic rings. The van der Waals surface area contributed by atoms with Gasteiger partial charge in [-0.25, -0.2) is 9.80 Å². The van der Waals surface area contributed by atoms with Crippen molar-refractivity contribution in [2.45, 2.75) is 64.0 Å². The average molecular weight is 364 g/mol. The number of likely N-dealkylation sites (tertiary alicyclic amines) is 2. The van der Waals surface area contributed by atoms with Gasteiger partial charge in [0.25, 0.3) is 0 Å². The topological polar surface area (TPSA) is 76.1 Å². The predicted octanol–water partition coefficient (Wildman–Crippen LogP) is 1.75. The summed E-state index contributed by atoms with van der Waals surface area (Å²) >= 11 is 0. The van der Waals surface area contributed by atoms with Crippen molar-refractivity contribution in [3.05, 3.63) is 0 Å². The number of nitrogens with zero attached hydrogens (tertiary/aromatic N) is 3. The number of rotatable bonds is 3. The fourth-order valence-electron chi connectivity index (χ4n) is 6.01. The second-order valence-electron chi connectivity index (χ2n) is 9.00. The van der Waals surface area contributed by atoms with Crippen LogP contribution in [0.15, 0.2) is 0 Å². The molecule has 4 fully saturated rings. The molecule has 3 unspecified atom stereocenters. The molecule has 2 spiro atoms. The molecular weight excluding hydrogens is 332 g/mol. The molecular formula is C19H32N4O3. The van der Waals surface area contributed by atoms with Crippen molar-refractivity contribution in [2.24, 2.45) is 11.3 Å². The minimum atomic E-state index is -0.771. The molecule has 1 aliphatic carbocycles. The lowest BCUT2D eigenvalue weighted by Gasteiger charge is -2.58. The summed E-state index contributed by atoms with van der Waals surface area (Å²) in [6, 6.07) is 0.575. The first-order chi connectivity index (χ1) is 12.4. The maximum Gasteiger partial charge on any atom is 0.407 e. The second kappa shape index (κ2) is 6.37. The van der Waals surface area contributed by atoms with E-state index in [1.807, 2.05) is 0 Å². The van der Waals surface area contributed by atoms with Crippen molar-refractivity contribution >= 4 is 12.0 Å². The summed E-state index contributed by atoms with van der Waals surface area (Å²) < 4.78 is 0. The van der Waals surface area contributed by atoms with E-state index < -0.39 is 6.09 Å². The van der Waals surface area contributed by atoms with Gasteiger partial charge in [0.15, 0.2) is 0 Å². The van der Waals surface area contributed by atoms with E-state index in [9.17, 15) is 14.7 Å². The van der Waals surface area contributed by atoms with Crippen molar-refractivity contribution in [3.63, 3.8) is 0 Å². The van der Waals surface area contributed by atoms with Gasteiger partial charge in [-0.2, -0.15) is 0 Å². The molecule has 0 aromatic heterocycles. The molecule has 2 amide bonds. The Bertz CT molecular complexity index is 589. The molecule has 0 radical (unpaired) electrons. The number of carbonyl (C=O) groups excluding carboxylic acids is 1. The summed E-state index contributed by atoms with van der Waals surface area (Å²) in [4.78, 5) is 27.4. The van der Waals surface area contributed by atoms with Crippen LogP contribution in [0.5, 0.6) is 0 Å². The van der Waals surface area contributed by atoms with Gasteiger partial charge in [-0.3, -0.25) is 15.1 Å². The number of amides is 2. The van der Waals surface area contributed by atoms with Crippen LogP contribution in [0.2, 0.25) is 0 Å². The largest absolute Gasteiger partial charge is 0.465 e. The van der Waals surface area contributed by atoms with Gasteiger partial charge >= 0.3 is 6.09 Å². The maximum atomic E-state index is 12.0. The standard InChI is InChI=1S/C19H32N4O3/c1-3-7-23-19(12-16(24)20-23)5-9-21(10-6-19)15-11-18(14(15)2)4-8-22(13-18)17(25)26/h14-15H,3-13H2,1-2H3,(H,20,24)(H,25,26). The zero-order chi connectivity index (χ0) is 18.5. The molecule has 0 aromatic rings. The van der Waals surface area contributed by atoms with E-state index in [1.165, 1.54) is 0 Å². The first kappa shape index (κ1) is 18.0. The lowest BCUT2D eigenvalue weighted by molar-refractivity contribution is -0.121. The fourth-order valence-corrected chi connectivity index (χ4v) is 6.01. The summed E-state index contributed by atoms with van der Waals surface area (Å²) in [6.07, 6.45) is 5.14. The number of carboxylic acid groups (broad SMARTS) is 1. The summed E-state index contributed by atoms with van der Waals surface area (Å²) in [7, 11) is 0. The fraction of sp³-hybridized carbons (Fsp3) is 0.895. The number of piperidine rings is 1. The van der Waals surface area contributed by atoms with E-state index in [-0.39, 0.29) is 16.9 Å². The Morgan fingerprint density at radius 2 is 2.00 bits per heavy atom. The highest BCUT2D eigenvalue weighted by molar-refractivity contribution is 5.79. The third kappa shape index (κ3) is 2.71. The molecule has 3 heterocycles. The van der Waals surface area contributed by atoms with Gasteiger partial charge in [0.05, 0.1) is 5.54 Å². The Balaban J connectivity index is 1.35. The van der Waals surface area contributed by atoms with E-state index in [4.69, 9.17) is 0 Å². The molecule has 3 aliphatic heterocycles. The van der Waals surface area contributed by atoms with Crippen LogP contribution in [-0.4, -0.2) is 76.2 Å². The average Bonchev–Trinajstić information content (AvgIpc) is 3.18.